The summed E-state index contributed by atoms with van der Waals surface area (Å²) in [6, 6.07) is 21.2. The Bertz CT molecular complexity index is 1370. The molecule has 1 saturated heterocycles. The maximum atomic E-state index is 13.6. The van der Waals surface area contributed by atoms with Crippen molar-refractivity contribution in [3.63, 3.8) is 0 Å². The number of piperidine rings is 1. The summed E-state index contributed by atoms with van der Waals surface area (Å²) in [6.07, 6.45) is -2.55. The van der Waals surface area contributed by atoms with Crippen molar-refractivity contribution in [1.82, 2.24) is 9.97 Å². The number of oxazole rings is 1. The third kappa shape index (κ3) is 5.62. The number of halogens is 3. The number of ketones is 1. The molecule has 0 spiro atoms. The lowest BCUT2D eigenvalue weighted by Crippen LogP contribution is -2.36. The van der Waals surface area contributed by atoms with Crippen LogP contribution >= 0.6 is 0 Å². The lowest BCUT2D eigenvalue weighted by molar-refractivity contribution is -0.141. The van der Waals surface area contributed by atoms with Crippen LogP contribution in [0.5, 0.6) is 0 Å². The van der Waals surface area contributed by atoms with Crippen molar-refractivity contribution in [3.05, 3.63) is 102 Å². The molecule has 0 aliphatic carbocycles. The number of rotatable bonds is 7. The Morgan fingerprint density at radius 3 is 2.26 bits per heavy atom. The smallest absolute Gasteiger partial charge is 0.432 e. The van der Waals surface area contributed by atoms with E-state index in [1.165, 1.54) is 6.20 Å². The first-order valence-corrected chi connectivity index (χ1v) is 12.4. The number of hydrogen-bond donors (Lipinski definition) is 1. The Labute approximate surface area is 217 Å². The highest BCUT2D eigenvalue weighted by molar-refractivity contribution is 5.96. The summed E-state index contributed by atoms with van der Waals surface area (Å²) in [4.78, 5) is 23.0. The predicted octanol–water partition coefficient (Wildman–Crippen LogP) is 6.13. The van der Waals surface area contributed by atoms with Crippen LogP contribution in [0.4, 0.5) is 19.0 Å². The Morgan fingerprint density at radius 1 is 1.00 bits per heavy atom. The van der Waals surface area contributed by atoms with E-state index in [4.69, 9.17) is 4.42 Å². The summed E-state index contributed by atoms with van der Waals surface area (Å²) in [5.74, 6) is -1.01. The SMILES string of the molecule is O=C(Cc1ccc(N2CCC(C(O)c3ccccc3)CC2)nc1)c1oc(-c2ccccc2)nc1C(F)(F)F. The van der Waals surface area contributed by atoms with Crippen LogP contribution in [0.25, 0.3) is 11.5 Å². The minimum Gasteiger partial charge on any atom is -0.432 e. The van der Waals surface area contributed by atoms with Crippen LogP contribution in [0.1, 0.15) is 46.3 Å². The topological polar surface area (TPSA) is 79.5 Å². The van der Waals surface area contributed by atoms with Gasteiger partial charge >= 0.3 is 6.18 Å². The largest absolute Gasteiger partial charge is 0.437 e. The maximum absolute atomic E-state index is 13.6. The highest BCUT2D eigenvalue weighted by Crippen LogP contribution is 2.35. The van der Waals surface area contributed by atoms with E-state index >= 15 is 0 Å². The second kappa shape index (κ2) is 10.8. The number of aromatic nitrogens is 2. The fraction of sp³-hybridized carbons (Fsp3) is 0.276. The van der Waals surface area contributed by atoms with E-state index in [0.717, 1.165) is 37.3 Å². The fourth-order valence-corrected chi connectivity index (χ4v) is 4.75. The molecule has 1 unspecified atom stereocenters. The summed E-state index contributed by atoms with van der Waals surface area (Å²) < 4.78 is 46.1. The molecule has 1 N–H and O–H groups in total. The van der Waals surface area contributed by atoms with Gasteiger partial charge in [0.15, 0.2) is 5.69 Å². The average molecular weight is 522 g/mol. The standard InChI is InChI=1S/C29H26F3N3O3/c30-29(31,32)27-26(38-28(34-27)22-9-5-2-6-10-22)23(36)17-19-11-12-24(33-18-19)35-15-13-21(14-16-35)25(37)20-7-3-1-4-8-20/h1-12,18,21,25,37H,13-17H2. The molecule has 3 heterocycles. The minimum atomic E-state index is -4.83. The van der Waals surface area contributed by atoms with Gasteiger partial charge in [-0.2, -0.15) is 13.2 Å². The number of carbonyl (C=O) groups is 1. The molecule has 2 aromatic heterocycles. The first-order chi connectivity index (χ1) is 18.3. The van der Waals surface area contributed by atoms with Gasteiger partial charge in [0.1, 0.15) is 5.82 Å². The lowest BCUT2D eigenvalue weighted by Gasteiger charge is -2.35. The number of benzene rings is 2. The van der Waals surface area contributed by atoms with Crippen molar-refractivity contribution in [1.29, 1.82) is 0 Å². The molecular weight excluding hydrogens is 495 g/mol. The maximum Gasteiger partial charge on any atom is 0.437 e. The number of aliphatic hydroxyl groups is 1. The van der Waals surface area contributed by atoms with Crippen molar-refractivity contribution >= 4 is 11.6 Å². The zero-order valence-electron chi connectivity index (χ0n) is 20.4. The van der Waals surface area contributed by atoms with Gasteiger partial charge in [0.25, 0.3) is 0 Å². The van der Waals surface area contributed by atoms with Gasteiger partial charge in [-0.25, -0.2) is 9.97 Å². The Hall–Kier alpha value is -3.98. The molecule has 0 saturated carbocycles. The molecule has 1 aliphatic rings. The number of hydrogen-bond acceptors (Lipinski definition) is 6. The molecule has 1 fully saturated rings. The number of anilines is 1. The number of pyridine rings is 1. The predicted molar refractivity (Wildman–Crippen MR) is 136 cm³/mol. The van der Waals surface area contributed by atoms with Crippen molar-refractivity contribution in [2.75, 3.05) is 18.0 Å². The first kappa shape index (κ1) is 25.7. The van der Waals surface area contributed by atoms with E-state index in [1.807, 2.05) is 30.3 Å². The van der Waals surface area contributed by atoms with Gasteiger partial charge in [0.2, 0.25) is 17.4 Å². The zero-order valence-corrected chi connectivity index (χ0v) is 20.4. The number of Topliss-reactive ketones (excluding diaryl/α,β-unsaturated/α-hetero) is 1. The lowest BCUT2D eigenvalue weighted by atomic mass is 9.87. The summed E-state index contributed by atoms with van der Waals surface area (Å²) in [5, 5.41) is 10.7. The molecular formula is C29H26F3N3O3. The Kier molecular flexibility index (Phi) is 7.28. The van der Waals surface area contributed by atoms with Gasteiger partial charge in [0, 0.05) is 31.3 Å². The van der Waals surface area contributed by atoms with Gasteiger partial charge in [-0.1, -0.05) is 54.6 Å². The molecule has 5 rings (SSSR count). The van der Waals surface area contributed by atoms with Crippen LogP contribution in [0.2, 0.25) is 0 Å². The van der Waals surface area contributed by atoms with Gasteiger partial charge in [0.05, 0.1) is 6.10 Å². The van der Waals surface area contributed by atoms with Crippen molar-refractivity contribution in [3.8, 4) is 11.5 Å². The van der Waals surface area contributed by atoms with Crippen LogP contribution in [0, 0.1) is 5.92 Å². The Morgan fingerprint density at radius 2 is 1.66 bits per heavy atom. The van der Waals surface area contributed by atoms with Gasteiger partial charge in [-0.05, 0) is 48.1 Å². The van der Waals surface area contributed by atoms with E-state index in [1.54, 1.807) is 42.5 Å². The molecule has 0 radical (unpaired) electrons. The highest BCUT2D eigenvalue weighted by Gasteiger charge is 2.41. The van der Waals surface area contributed by atoms with Gasteiger partial charge in [-0.15, -0.1) is 0 Å². The van der Waals surface area contributed by atoms with Crippen molar-refractivity contribution < 1.29 is 27.5 Å². The molecule has 1 aliphatic heterocycles. The first-order valence-electron chi connectivity index (χ1n) is 12.4. The number of carbonyl (C=O) groups excluding carboxylic acids is 1. The summed E-state index contributed by atoms with van der Waals surface area (Å²) in [6.45, 7) is 1.43. The van der Waals surface area contributed by atoms with Crippen LogP contribution in [0.15, 0.2) is 83.4 Å². The van der Waals surface area contributed by atoms with Crippen LogP contribution < -0.4 is 4.90 Å². The summed E-state index contributed by atoms with van der Waals surface area (Å²) >= 11 is 0. The van der Waals surface area contributed by atoms with E-state index in [9.17, 15) is 23.1 Å². The highest BCUT2D eigenvalue weighted by atomic mass is 19.4. The second-order valence-electron chi connectivity index (χ2n) is 9.37. The van der Waals surface area contributed by atoms with Crippen molar-refractivity contribution in [2.45, 2.75) is 31.5 Å². The monoisotopic (exact) mass is 521 g/mol. The summed E-state index contributed by atoms with van der Waals surface area (Å²) in [5.41, 5.74) is 0.406. The quantitative estimate of drug-likeness (QED) is 0.295. The van der Waals surface area contributed by atoms with Crippen molar-refractivity contribution in [2.24, 2.45) is 5.92 Å². The number of nitrogens with zero attached hydrogens (tertiary/aromatic N) is 3. The minimum absolute atomic E-state index is 0.149. The van der Waals surface area contributed by atoms with Crippen LogP contribution in [0.3, 0.4) is 0 Å². The van der Waals surface area contributed by atoms with E-state index in [0.29, 0.717) is 11.1 Å². The summed E-state index contributed by atoms with van der Waals surface area (Å²) in [7, 11) is 0. The third-order valence-corrected chi connectivity index (χ3v) is 6.79. The number of alkyl halides is 3. The molecule has 1 atom stereocenters. The fourth-order valence-electron chi connectivity index (χ4n) is 4.75. The molecule has 6 nitrogen and oxygen atoms in total. The van der Waals surface area contributed by atoms with E-state index in [2.05, 4.69) is 14.9 Å². The zero-order chi connectivity index (χ0) is 26.7. The molecule has 9 heteroatoms. The number of aliphatic hydroxyl groups excluding tert-OH is 1. The van der Waals surface area contributed by atoms with Gasteiger partial charge in [-0.3, -0.25) is 4.79 Å². The molecule has 2 aromatic carbocycles. The molecule has 196 valence electrons. The van der Waals surface area contributed by atoms with Crippen LogP contribution in [-0.4, -0.2) is 33.9 Å². The van der Waals surface area contributed by atoms with Gasteiger partial charge < -0.3 is 14.4 Å². The normalized spacial score (nSPS) is 15.4. The third-order valence-electron chi connectivity index (χ3n) is 6.79. The van der Waals surface area contributed by atoms with Crippen LogP contribution in [-0.2, 0) is 12.6 Å². The average Bonchev–Trinajstić information content (AvgIpc) is 3.41. The molecule has 4 aromatic rings. The van der Waals surface area contributed by atoms with E-state index in [-0.39, 0.29) is 18.2 Å². The molecule has 38 heavy (non-hydrogen) atoms. The second-order valence-corrected chi connectivity index (χ2v) is 9.37. The molecule has 0 bridgehead atoms. The Balaban J connectivity index is 1.24. The molecule has 0 amide bonds. The van der Waals surface area contributed by atoms with E-state index < -0.39 is 29.5 Å².